The quantitative estimate of drug-likeness (QED) is 0.372. The van der Waals surface area contributed by atoms with Gasteiger partial charge in [-0.3, -0.25) is 4.79 Å². The van der Waals surface area contributed by atoms with E-state index in [9.17, 15) is 15.0 Å². The van der Waals surface area contributed by atoms with Crippen LogP contribution in [0.3, 0.4) is 0 Å². The lowest BCUT2D eigenvalue weighted by molar-refractivity contribution is -0.0835. The molecule has 41 heavy (non-hydrogen) atoms. The van der Waals surface area contributed by atoms with Crippen molar-refractivity contribution >= 4 is 17.5 Å². The molecule has 0 saturated carbocycles. The fourth-order valence-corrected chi connectivity index (χ4v) is 5.82. The van der Waals surface area contributed by atoms with Crippen LogP contribution in [-0.4, -0.2) is 83.6 Å². The van der Waals surface area contributed by atoms with Crippen LogP contribution in [0.25, 0.3) is 0 Å². The van der Waals surface area contributed by atoms with Crippen molar-refractivity contribution < 1.29 is 29.2 Å². The zero-order valence-electron chi connectivity index (χ0n) is 25.0. The van der Waals surface area contributed by atoms with Crippen LogP contribution in [0, 0.1) is 5.92 Å². The molecule has 1 amide bonds. The van der Waals surface area contributed by atoms with Crippen LogP contribution in [0.5, 0.6) is 11.5 Å². The van der Waals surface area contributed by atoms with E-state index < -0.39 is 6.10 Å². The summed E-state index contributed by atoms with van der Waals surface area (Å²) in [4.78, 5) is 17.5. The normalized spacial score (nSPS) is 17.6. The number of nitrogens with zero attached hydrogens (tertiary/aromatic N) is 2. The first-order chi connectivity index (χ1) is 19.3. The lowest BCUT2D eigenvalue weighted by Gasteiger charge is -2.39. The highest BCUT2D eigenvalue weighted by Gasteiger charge is 2.42. The van der Waals surface area contributed by atoms with E-state index in [4.69, 9.17) is 25.8 Å². The number of carbonyl (C=O) groups excluding carboxylic acids is 1. The van der Waals surface area contributed by atoms with Crippen LogP contribution in [0.15, 0.2) is 36.4 Å². The second-order valence-corrected chi connectivity index (χ2v) is 13.1. The van der Waals surface area contributed by atoms with E-state index >= 15 is 0 Å². The number of benzene rings is 2. The molecule has 0 aromatic heterocycles. The minimum atomic E-state index is -0.767. The summed E-state index contributed by atoms with van der Waals surface area (Å²) in [5, 5.41) is 21.7. The molecular weight excluding hydrogens is 544 g/mol. The van der Waals surface area contributed by atoms with Crippen molar-refractivity contribution in [3.05, 3.63) is 58.1 Å². The van der Waals surface area contributed by atoms with Gasteiger partial charge in [0.25, 0.3) is 5.91 Å². The highest BCUT2D eigenvalue weighted by Crippen LogP contribution is 2.44. The van der Waals surface area contributed by atoms with Crippen LogP contribution in [-0.2, 0) is 21.7 Å². The highest BCUT2D eigenvalue weighted by molar-refractivity contribution is 6.30. The molecule has 2 N–H and O–H groups in total. The molecule has 0 bridgehead atoms. The zero-order chi connectivity index (χ0) is 29.8. The first-order valence-electron chi connectivity index (χ1n) is 14.6. The predicted molar refractivity (Wildman–Crippen MR) is 160 cm³/mol. The van der Waals surface area contributed by atoms with Gasteiger partial charge in [0.2, 0.25) is 0 Å². The van der Waals surface area contributed by atoms with Gasteiger partial charge in [0.15, 0.2) is 0 Å². The maximum absolute atomic E-state index is 13.6. The third-order valence-corrected chi connectivity index (χ3v) is 7.83. The van der Waals surface area contributed by atoms with Gasteiger partial charge in [-0.05, 0) is 74.9 Å². The number of β-amino-alcohol motifs (C(OH)–C–C–N with tert-alkyl or cyclic N) is 1. The molecule has 2 aromatic rings. The van der Waals surface area contributed by atoms with Crippen LogP contribution >= 0.6 is 11.6 Å². The van der Waals surface area contributed by atoms with E-state index in [0.29, 0.717) is 38.4 Å². The molecule has 1 fully saturated rings. The molecule has 2 aromatic carbocycles. The predicted octanol–water partition coefficient (Wildman–Crippen LogP) is 5.22. The number of fused-ring (bicyclic) bond motifs is 2. The van der Waals surface area contributed by atoms with Crippen molar-refractivity contribution in [3.8, 4) is 11.5 Å². The van der Waals surface area contributed by atoms with Crippen molar-refractivity contribution in [2.24, 2.45) is 5.92 Å². The average Bonchev–Trinajstić information content (AvgIpc) is 3.24. The molecule has 226 valence electrons. The number of likely N-dealkylation sites (tertiary alicyclic amines) is 1. The molecule has 0 aliphatic carbocycles. The summed E-state index contributed by atoms with van der Waals surface area (Å²) >= 11 is 6.17. The van der Waals surface area contributed by atoms with E-state index in [1.165, 1.54) is 17.7 Å². The Morgan fingerprint density at radius 2 is 1.90 bits per heavy atom. The van der Waals surface area contributed by atoms with Crippen LogP contribution < -0.4 is 4.74 Å². The molecule has 1 atom stereocenters. The molecule has 0 unspecified atom stereocenters. The van der Waals surface area contributed by atoms with E-state index in [-0.39, 0.29) is 41.1 Å². The standard InChI is InChI=1S/C32H45ClN2O6/c1-22(2)18-35(14-15-40-31(3,4)5)30(38)27-8-7-25(36)17-29(27)39-21-26(37)19-34-12-10-32(11-13-34)28-9-6-24(33)16-23(28)20-41-32/h6-9,16-17,22,26,36-37H,10-15,18-21H2,1-5H3/t26-/m1/s1. The Labute approximate surface area is 249 Å². The van der Waals surface area contributed by atoms with Crippen LogP contribution in [0.4, 0.5) is 0 Å². The summed E-state index contributed by atoms with van der Waals surface area (Å²) in [6.45, 7) is 14.1. The Morgan fingerprint density at radius 1 is 1.17 bits per heavy atom. The Balaban J connectivity index is 1.34. The number of phenolic OH excluding ortho intramolecular Hbond substituents is 1. The van der Waals surface area contributed by atoms with E-state index in [2.05, 4.69) is 24.8 Å². The third-order valence-electron chi connectivity index (χ3n) is 7.59. The summed E-state index contributed by atoms with van der Waals surface area (Å²) in [5.41, 5.74) is 2.15. The van der Waals surface area contributed by atoms with Gasteiger partial charge >= 0.3 is 0 Å². The number of aliphatic hydroxyl groups is 1. The minimum absolute atomic E-state index is 0.000520. The molecule has 1 saturated heterocycles. The Kier molecular flexibility index (Phi) is 10.2. The summed E-state index contributed by atoms with van der Waals surface area (Å²) in [5.74, 6) is 0.324. The number of amides is 1. The van der Waals surface area contributed by atoms with E-state index in [1.54, 1.807) is 11.0 Å². The van der Waals surface area contributed by atoms with Crippen molar-refractivity contribution in [1.82, 2.24) is 9.80 Å². The molecule has 4 rings (SSSR count). The zero-order valence-corrected chi connectivity index (χ0v) is 25.7. The lowest BCUT2D eigenvalue weighted by Crippen LogP contribution is -2.46. The number of phenols is 1. The number of aromatic hydroxyl groups is 1. The second-order valence-electron chi connectivity index (χ2n) is 12.6. The van der Waals surface area contributed by atoms with Gasteiger partial charge in [0, 0.05) is 43.8 Å². The smallest absolute Gasteiger partial charge is 0.257 e. The minimum Gasteiger partial charge on any atom is -0.508 e. The van der Waals surface area contributed by atoms with Crippen molar-refractivity contribution in [3.63, 3.8) is 0 Å². The summed E-state index contributed by atoms with van der Waals surface area (Å²) in [6.07, 6.45) is 0.910. The van der Waals surface area contributed by atoms with Crippen LogP contribution in [0.1, 0.15) is 68.9 Å². The van der Waals surface area contributed by atoms with Gasteiger partial charge < -0.3 is 34.2 Å². The molecule has 9 heteroatoms. The van der Waals surface area contributed by atoms with Crippen molar-refractivity contribution in [2.45, 2.75) is 71.4 Å². The van der Waals surface area contributed by atoms with Gasteiger partial charge in [-0.1, -0.05) is 31.5 Å². The number of hydrogen-bond acceptors (Lipinski definition) is 7. The fraction of sp³-hybridized carbons (Fsp3) is 0.594. The topological polar surface area (TPSA) is 91.7 Å². The highest BCUT2D eigenvalue weighted by atomic mass is 35.5. The van der Waals surface area contributed by atoms with E-state index in [1.807, 2.05) is 32.9 Å². The lowest BCUT2D eigenvalue weighted by atomic mass is 9.84. The second kappa shape index (κ2) is 13.3. The van der Waals surface area contributed by atoms with Crippen molar-refractivity contribution in [1.29, 1.82) is 0 Å². The molecule has 2 aliphatic rings. The van der Waals surface area contributed by atoms with Gasteiger partial charge in [-0.2, -0.15) is 0 Å². The average molecular weight is 589 g/mol. The van der Waals surface area contributed by atoms with E-state index in [0.717, 1.165) is 36.5 Å². The maximum Gasteiger partial charge on any atom is 0.257 e. The number of halogens is 1. The van der Waals surface area contributed by atoms with Gasteiger partial charge in [0.1, 0.15) is 24.2 Å². The number of carbonyl (C=O) groups is 1. The third kappa shape index (κ3) is 8.36. The molecule has 8 nitrogen and oxygen atoms in total. The SMILES string of the molecule is CC(C)CN(CCOC(C)(C)C)C(=O)c1ccc(O)cc1OC[C@H](O)CN1CCC2(CC1)OCc1cc(Cl)ccc12. The number of ether oxygens (including phenoxy) is 3. The Morgan fingerprint density at radius 3 is 2.59 bits per heavy atom. The van der Waals surface area contributed by atoms with Gasteiger partial charge in [0.05, 0.1) is 30.0 Å². The molecule has 0 radical (unpaired) electrons. The number of hydrogen-bond donors (Lipinski definition) is 2. The fourth-order valence-electron chi connectivity index (χ4n) is 5.62. The number of aliphatic hydroxyl groups excluding tert-OH is 1. The first kappa shape index (κ1) is 31.6. The maximum atomic E-state index is 13.6. The molecular formula is C32H45ClN2O6. The van der Waals surface area contributed by atoms with Crippen LogP contribution in [0.2, 0.25) is 5.02 Å². The summed E-state index contributed by atoms with van der Waals surface area (Å²) in [6, 6.07) is 10.5. The Hall–Kier alpha value is -2.36. The number of piperidine rings is 1. The Bertz CT molecular complexity index is 1190. The van der Waals surface area contributed by atoms with Gasteiger partial charge in [-0.25, -0.2) is 0 Å². The van der Waals surface area contributed by atoms with Gasteiger partial charge in [-0.15, -0.1) is 0 Å². The first-order valence-corrected chi connectivity index (χ1v) is 15.0. The molecule has 1 spiro atoms. The monoisotopic (exact) mass is 588 g/mol. The summed E-state index contributed by atoms with van der Waals surface area (Å²) in [7, 11) is 0. The number of rotatable bonds is 11. The summed E-state index contributed by atoms with van der Waals surface area (Å²) < 4.78 is 18.1. The molecule has 2 aliphatic heterocycles. The molecule has 2 heterocycles. The largest absolute Gasteiger partial charge is 0.508 e. The van der Waals surface area contributed by atoms with Crippen molar-refractivity contribution in [2.75, 3.05) is 45.9 Å².